The highest BCUT2D eigenvalue weighted by atomic mass is 16.1. The summed E-state index contributed by atoms with van der Waals surface area (Å²) in [7, 11) is 0. The maximum Gasteiger partial charge on any atom is 0.270 e. The van der Waals surface area contributed by atoms with Crippen LogP contribution in [-0.4, -0.2) is 30.8 Å². The van der Waals surface area contributed by atoms with Gasteiger partial charge in [-0.25, -0.2) is 9.97 Å². The number of carbonyl (C=O) groups excluding carboxylic acids is 1. The summed E-state index contributed by atoms with van der Waals surface area (Å²) in [6.45, 7) is 2.19. The SMILES string of the molecule is Cc1cc(Nc2cncc(C#N)c2)nc(-c2ccc(C(=O)NCc3ccc(-c4ccccc4)nc3)nc2)n1. The van der Waals surface area contributed by atoms with Crippen LogP contribution in [0, 0.1) is 18.3 Å². The maximum atomic E-state index is 12.7. The van der Waals surface area contributed by atoms with Crippen molar-refractivity contribution in [3.8, 4) is 28.7 Å². The summed E-state index contributed by atoms with van der Waals surface area (Å²) in [5, 5.41) is 15.1. The van der Waals surface area contributed by atoms with Crippen LogP contribution in [0.15, 0.2) is 91.5 Å². The molecule has 5 rings (SSSR count). The minimum atomic E-state index is -0.291. The second-order valence-electron chi connectivity index (χ2n) is 8.45. The Morgan fingerprint density at radius 2 is 1.76 bits per heavy atom. The summed E-state index contributed by atoms with van der Waals surface area (Å²) in [6.07, 6.45) is 6.43. The molecule has 38 heavy (non-hydrogen) atoms. The second kappa shape index (κ2) is 11.1. The number of benzene rings is 1. The van der Waals surface area contributed by atoms with Crippen molar-refractivity contribution in [3.63, 3.8) is 0 Å². The molecule has 0 atom stereocenters. The van der Waals surface area contributed by atoms with Crippen molar-refractivity contribution in [3.05, 3.63) is 114 Å². The molecule has 9 nitrogen and oxygen atoms in total. The van der Waals surface area contributed by atoms with Crippen molar-refractivity contribution >= 4 is 17.4 Å². The lowest BCUT2D eigenvalue weighted by Crippen LogP contribution is -2.23. The molecule has 0 saturated heterocycles. The van der Waals surface area contributed by atoms with Crippen LogP contribution in [0.5, 0.6) is 0 Å². The van der Waals surface area contributed by atoms with Gasteiger partial charge in [0.25, 0.3) is 5.91 Å². The number of hydrogen-bond acceptors (Lipinski definition) is 8. The van der Waals surface area contributed by atoms with Crippen LogP contribution in [0.3, 0.4) is 0 Å². The molecular weight excluding hydrogens is 476 g/mol. The van der Waals surface area contributed by atoms with Crippen molar-refractivity contribution < 1.29 is 4.79 Å². The monoisotopic (exact) mass is 498 g/mol. The van der Waals surface area contributed by atoms with E-state index in [-0.39, 0.29) is 11.6 Å². The molecule has 184 valence electrons. The molecule has 0 fully saturated rings. The normalized spacial score (nSPS) is 10.4. The molecule has 2 N–H and O–H groups in total. The quantitative estimate of drug-likeness (QED) is 0.326. The van der Waals surface area contributed by atoms with Gasteiger partial charge in [0.1, 0.15) is 17.6 Å². The molecule has 0 bridgehead atoms. The molecule has 0 aliphatic carbocycles. The molecule has 0 saturated carbocycles. The Kier molecular flexibility index (Phi) is 7.04. The van der Waals surface area contributed by atoms with E-state index in [0.29, 0.717) is 35.0 Å². The van der Waals surface area contributed by atoms with Gasteiger partial charge in [0.15, 0.2) is 5.82 Å². The van der Waals surface area contributed by atoms with Gasteiger partial charge < -0.3 is 10.6 Å². The van der Waals surface area contributed by atoms with E-state index in [4.69, 9.17) is 5.26 Å². The maximum absolute atomic E-state index is 12.7. The van der Waals surface area contributed by atoms with Crippen LogP contribution in [0.1, 0.15) is 27.3 Å². The highest BCUT2D eigenvalue weighted by Crippen LogP contribution is 2.21. The van der Waals surface area contributed by atoms with Gasteiger partial charge >= 0.3 is 0 Å². The molecule has 4 heterocycles. The van der Waals surface area contributed by atoms with Gasteiger partial charge in [0, 0.05) is 48.0 Å². The predicted molar refractivity (Wildman–Crippen MR) is 143 cm³/mol. The number of pyridine rings is 3. The lowest BCUT2D eigenvalue weighted by atomic mass is 10.1. The Hall–Kier alpha value is -5.49. The first-order valence-electron chi connectivity index (χ1n) is 11.8. The number of nitriles is 1. The van der Waals surface area contributed by atoms with Crippen LogP contribution < -0.4 is 10.6 Å². The van der Waals surface area contributed by atoms with E-state index < -0.39 is 0 Å². The number of amides is 1. The van der Waals surface area contributed by atoms with E-state index in [1.54, 1.807) is 42.9 Å². The summed E-state index contributed by atoms with van der Waals surface area (Å²) >= 11 is 0. The van der Waals surface area contributed by atoms with E-state index in [1.807, 2.05) is 49.4 Å². The van der Waals surface area contributed by atoms with Crippen LogP contribution >= 0.6 is 0 Å². The fourth-order valence-electron chi connectivity index (χ4n) is 3.72. The van der Waals surface area contributed by atoms with Crippen molar-refractivity contribution in [1.82, 2.24) is 30.2 Å². The first-order chi connectivity index (χ1) is 18.6. The molecule has 0 radical (unpaired) electrons. The van der Waals surface area contributed by atoms with E-state index in [0.717, 1.165) is 22.5 Å². The van der Waals surface area contributed by atoms with E-state index in [1.165, 1.54) is 6.20 Å². The molecule has 1 aromatic carbocycles. The van der Waals surface area contributed by atoms with Gasteiger partial charge in [-0.05, 0) is 36.8 Å². The fraction of sp³-hybridized carbons (Fsp3) is 0.0690. The Morgan fingerprint density at radius 1 is 0.895 bits per heavy atom. The third kappa shape index (κ3) is 5.83. The Labute approximate surface area is 219 Å². The Bertz CT molecular complexity index is 1610. The number of nitrogens with zero attached hydrogens (tertiary/aromatic N) is 6. The summed E-state index contributed by atoms with van der Waals surface area (Å²) in [6, 6.07) is 22.7. The number of aryl methyl sites for hydroxylation is 1. The van der Waals surface area contributed by atoms with Crippen molar-refractivity contribution in [2.45, 2.75) is 13.5 Å². The van der Waals surface area contributed by atoms with Crippen LogP contribution in [0.2, 0.25) is 0 Å². The number of aromatic nitrogens is 5. The third-order valence-electron chi connectivity index (χ3n) is 5.60. The minimum Gasteiger partial charge on any atom is -0.347 e. The highest BCUT2D eigenvalue weighted by molar-refractivity contribution is 5.92. The van der Waals surface area contributed by atoms with Gasteiger partial charge in [0.05, 0.1) is 23.1 Å². The average Bonchev–Trinajstić information content (AvgIpc) is 2.96. The van der Waals surface area contributed by atoms with Crippen molar-refractivity contribution in [1.29, 1.82) is 5.26 Å². The summed E-state index contributed by atoms with van der Waals surface area (Å²) in [5.41, 5.74) is 5.59. The van der Waals surface area contributed by atoms with Gasteiger partial charge in [-0.15, -0.1) is 0 Å². The molecule has 5 aromatic rings. The number of rotatable bonds is 7. The standard InChI is InChI=1S/C29H22N8O/c1-19-11-27(36-24-12-21(13-30)14-31-18-24)37-28(35-19)23-8-10-26(33-17-23)29(38)34-16-20-7-9-25(32-15-20)22-5-3-2-4-6-22/h2-12,14-15,17-18H,16H2,1H3,(H,34,38)(H,35,36,37). The van der Waals surface area contributed by atoms with Gasteiger partial charge in [-0.1, -0.05) is 36.4 Å². The lowest BCUT2D eigenvalue weighted by molar-refractivity contribution is 0.0946. The zero-order chi connectivity index (χ0) is 26.3. The molecule has 1 amide bonds. The summed E-state index contributed by atoms with van der Waals surface area (Å²) in [5.74, 6) is 0.722. The first-order valence-corrected chi connectivity index (χ1v) is 11.8. The molecule has 0 spiro atoms. The van der Waals surface area contributed by atoms with E-state index in [9.17, 15) is 4.79 Å². The lowest BCUT2D eigenvalue weighted by Gasteiger charge is -2.09. The topological polar surface area (TPSA) is 129 Å². The van der Waals surface area contributed by atoms with Crippen LogP contribution in [0.25, 0.3) is 22.6 Å². The number of carbonyl (C=O) groups is 1. The number of anilines is 2. The number of nitrogens with one attached hydrogen (secondary N) is 2. The second-order valence-corrected chi connectivity index (χ2v) is 8.45. The minimum absolute atomic E-state index is 0.285. The van der Waals surface area contributed by atoms with E-state index >= 15 is 0 Å². The zero-order valence-corrected chi connectivity index (χ0v) is 20.5. The molecule has 0 aliphatic heterocycles. The van der Waals surface area contributed by atoms with Gasteiger partial charge in [-0.3, -0.25) is 19.7 Å². The Morgan fingerprint density at radius 3 is 2.50 bits per heavy atom. The largest absolute Gasteiger partial charge is 0.347 e. The predicted octanol–water partition coefficient (Wildman–Crippen LogP) is 4.85. The zero-order valence-electron chi connectivity index (χ0n) is 20.5. The van der Waals surface area contributed by atoms with Gasteiger partial charge in [0.2, 0.25) is 0 Å². The summed E-state index contributed by atoms with van der Waals surface area (Å²) < 4.78 is 0. The molecular formula is C29H22N8O. The molecule has 9 heteroatoms. The highest BCUT2D eigenvalue weighted by Gasteiger charge is 2.11. The van der Waals surface area contributed by atoms with Crippen molar-refractivity contribution in [2.75, 3.05) is 5.32 Å². The van der Waals surface area contributed by atoms with Gasteiger partial charge in [-0.2, -0.15) is 5.26 Å². The average molecular weight is 499 g/mol. The molecule has 0 aliphatic rings. The van der Waals surface area contributed by atoms with E-state index in [2.05, 4.69) is 41.6 Å². The summed E-state index contributed by atoms with van der Waals surface area (Å²) in [4.78, 5) is 34.6. The number of hydrogen-bond donors (Lipinski definition) is 2. The van der Waals surface area contributed by atoms with Crippen LogP contribution in [0.4, 0.5) is 11.5 Å². The fourth-order valence-corrected chi connectivity index (χ4v) is 3.72. The van der Waals surface area contributed by atoms with Crippen molar-refractivity contribution in [2.24, 2.45) is 0 Å². The third-order valence-corrected chi connectivity index (χ3v) is 5.60. The first kappa shape index (κ1) is 24.2. The molecule has 4 aromatic heterocycles. The van der Waals surface area contributed by atoms with Crippen LogP contribution in [-0.2, 0) is 6.54 Å². The smallest absolute Gasteiger partial charge is 0.270 e. The molecule has 0 unspecified atom stereocenters. The Balaban J connectivity index is 1.23.